The number of nitrogens with zero attached hydrogens (tertiary/aromatic N) is 2. The topological polar surface area (TPSA) is 91.0 Å². The minimum Gasteiger partial charge on any atom is -0.341 e. The van der Waals surface area contributed by atoms with Crippen LogP contribution in [-0.2, 0) is 14.4 Å². The fourth-order valence-electron chi connectivity index (χ4n) is 1.48. The van der Waals surface area contributed by atoms with Crippen LogP contribution in [0.2, 0.25) is 0 Å². The number of hydrogen-bond donors (Lipinski definition) is 2. The number of amides is 4. The molecular formula is C12H24N4O4. The van der Waals surface area contributed by atoms with E-state index in [1.165, 1.54) is 16.8 Å². The number of rotatable bonds is 8. The third-order valence-electron chi connectivity index (χ3n) is 2.61. The second kappa shape index (κ2) is 10.0. The summed E-state index contributed by atoms with van der Waals surface area (Å²) in [5.74, 6) is -0.686. The quantitative estimate of drug-likeness (QED) is 0.593. The molecule has 0 aromatic carbocycles. The molecule has 0 fully saturated rings. The Morgan fingerprint density at radius 3 is 2.05 bits per heavy atom. The van der Waals surface area contributed by atoms with Gasteiger partial charge in [0.15, 0.2) is 0 Å². The highest BCUT2D eigenvalue weighted by molar-refractivity contribution is 5.87. The number of hydroxylamine groups is 1. The maximum absolute atomic E-state index is 12.1. The number of carbonyl (C=O) groups is 3. The summed E-state index contributed by atoms with van der Waals surface area (Å²) in [5, 5.41) is 2.46. The fraction of sp³-hybridized carbons (Fsp3) is 0.750. The van der Waals surface area contributed by atoms with Crippen LogP contribution in [0.15, 0.2) is 0 Å². The van der Waals surface area contributed by atoms with Crippen LogP contribution in [0, 0.1) is 0 Å². The zero-order chi connectivity index (χ0) is 15.5. The summed E-state index contributed by atoms with van der Waals surface area (Å²) in [6.07, 6.45) is 0. The Labute approximate surface area is 119 Å². The number of hydrogen-bond acceptors (Lipinski definition) is 4. The predicted molar refractivity (Wildman–Crippen MR) is 73.7 cm³/mol. The third kappa shape index (κ3) is 6.37. The summed E-state index contributed by atoms with van der Waals surface area (Å²) in [4.78, 5) is 42.5. The molecule has 116 valence electrons. The molecule has 2 N–H and O–H groups in total. The van der Waals surface area contributed by atoms with E-state index >= 15 is 0 Å². The van der Waals surface area contributed by atoms with Gasteiger partial charge in [0.2, 0.25) is 5.91 Å². The molecule has 4 amide bonds. The van der Waals surface area contributed by atoms with Gasteiger partial charge >= 0.3 is 6.03 Å². The van der Waals surface area contributed by atoms with Gasteiger partial charge in [-0.3, -0.25) is 14.4 Å². The average molecular weight is 288 g/mol. The van der Waals surface area contributed by atoms with E-state index in [4.69, 9.17) is 4.84 Å². The van der Waals surface area contributed by atoms with Crippen molar-refractivity contribution in [1.29, 1.82) is 0 Å². The van der Waals surface area contributed by atoms with Crippen LogP contribution < -0.4 is 10.8 Å². The second-order valence-corrected chi connectivity index (χ2v) is 3.94. The molecule has 0 heterocycles. The van der Waals surface area contributed by atoms with Gasteiger partial charge in [-0.2, -0.15) is 0 Å². The van der Waals surface area contributed by atoms with E-state index in [1.807, 2.05) is 0 Å². The zero-order valence-corrected chi connectivity index (χ0v) is 12.6. The largest absolute Gasteiger partial charge is 0.341 e. The first-order valence-corrected chi connectivity index (χ1v) is 6.65. The Kier molecular flexibility index (Phi) is 9.10. The highest BCUT2D eigenvalue weighted by Crippen LogP contribution is 1.95. The zero-order valence-electron chi connectivity index (χ0n) is 12.6. The molecule has 0 saturated carbocycles. The van der Waals surface area contributed by atoms with Gasteiger partial charge in [-0.15, -0.1) is 0 Å². The van der Waals surface area contributed by atoms with Gasteiger partial charge in [0.25, 0.3) is 5.91 Å². The van der Waals surface area contributed by atoms with Gasteiger partial charge in [0.1, 0.15) is 13.1 Å². The molecular weight excluding hydrogens is 264 g/mol. The van der Waals surface area contributed by atoms with Gasteiger partial charge in [-0.25, -0.2) is 10.3 Å². The summed E-state index contributed by atoms with van der Waals surface area (Å²) in [6.45, 7) is 6.27. The van der Waals surface area contributed by atoms with Crippen LogP contribution in [0.25, 0.3) is 0 Å². The van der Waals surface area contributed by atoms with Crippen molar-refractivity contribution < 1.29 is 19.2 Å². The van der Waals surface area contributed by atoms with Gasteiger partial charge in [0, 0.05) is 20.1 Å². The molecule has 8 heteroatoms. The first-order chi connectivity index (χ1) is 9.49. The van der Waals surface area contributed by atoms with Crippen LogP contribution in [0.1, 0.15) is 20.8 Å². The highest BCUT2D eigenvalue weighted by atomic mass is 16.6. The van der Waals surface area contributed by atoms with Crippen molar-refractivity contribution in [2.45, 2.75) is 20.8 Å². The molecule has 0 aliphatic carbocycles. The minimum atomic E-state index is -0.398. The summed E-state index contributed by atoms with van der Waals surface area (Å²) in [7, 11) is 1.50. The Morgan fingerprint density at radius 2 is 1.60 bits per heavy atom. The SMILES string of the molecule is CCONC(=O)CN(CC)C(=O)CN(CC)C(=O)NC. The lowest BCUT2D eigenvalue weighted by molar-refractivity contribution is -0.141. The molecule has 0 aromatic heterocycles. The third-order valence-corrected chi connectivity index (χ3v) is 2.61. The molecule has 0 aliphatic heterocycles. The van der Waals surface area contributed by atoms with Crippen molar-refractivity contribution in [3.63, 3.8) is 0 Å². The van der Waals surface area contributed by atoms with Gasteiger partial charge in [0.05, 0.1) is 6.61 Å². The molecule has 0 spiro atoms. The fourth-order valence-corrected chi connectivity index (χ4v) is 1.48. The number of likely N-dealkylation sites (N-methyl/N-ethyl adjacent to an activating group) is 2. The molecule has 0 rings (SSSR count). The molecule has 0 aromatic rings. The number of nitrogens with one attached hydrogen (secondary N) is 2. The van der Waals surface area contributed by atoms with E-state index in [0.29, 0.717) is 19.7 Å². The first kappa shape index (κ1) is 18.2. The summed E-state index contributed by atoms with van der Waals surface area (Å²) < 4.78 is 0. The molecule has 8 nitrogen and oxygen atoms in total. The summed E-state index contributed by atoms with van der Waals surface area (Å²) >= 11 is 0. The summed E-state index contributed by atoms with van der Waals surface area (Å²) in [5.41, 5.74) is 2.23. The van der Waals surface area contributed by atoms with Crippen molar-refractivity contribution in [3.05, 3.63) is 0 Å². The molecule has 0 radical (unpaired) electrons. The minimum absolute atomic E-state index is 0.0636. The van der Waals surface area contributed by atoms with E-state index < -0.39 is 5.91 Å². The Balaban J connectivity index is 4.46. The lowest BCUT2D eigenvalue weighted by Crippen LogP contribution is -2.48. The number of urea groups is 1. The van der Waals surface area contributed by atoms with Crippen LogP contribution in [-0.4, -0.2) is 67.5 Å². The van der Waals surface area contributed by atoms with Crippen LogP contribution in [0.5, 0.6) is 0 Å². The van der Waals surface area contributed by atoms with Gasteiger partial charge in [-0.1, -0.05) is 0 Å². The van der Waals surface area contributed by atoms with E-state index in [2.05, 4.69) is 10.8 Å². The standard InChI is InChI=1S/C12H24N4O4/c1-5-15(8-10(17)14-20-7-3)11(18)9-16(6-2)12(19)13-4/h5-9H2,1-4H3,(H,13,19)(H,14,17). The summed E-state index contributed by atoms with van der Waals surface area (Å²) in [6, 6.07) is -0.323. The molecule has 0 aliphatic rings. The van der Waals surface area contributed by atoms with Gasteiger partial charge < -0.3 is 15.1 Å². The highest BCUT2D eigenvalue weighted by Gasteiger charge is 2.20. The van der Waals surface area contributed by atoms with Gasteiger partial charge in [-0.05, 0) is 20.8 Å². The Hall–Kier alpha value is -1.83. The predicted octanol–water partition coefficient (Wildman–Crippen LogP) is -0.436. The van der Waals surface area contributed by atoms with Crippen molar-refractivity contribution in [1.82, 2.24) is 20.6 Å². The maximum atomic E-state index is 12.1. The maximum Gasteiger partial charge on any atom is 0.317 e. The lowest BCUT2D eigenvalue weighted by Gasteiger charge is -2.25. The van der Waals surface area contributed by atoms with E-state index in [-0.39, 0.29) is 25.0 Å². The molecule has 20 heavy (non-hydrogen) atoms. The van der Waals surface area contributed by atoms with Crippen LogP contribution >= 0.6 is 0 Å². The Bertz CT molecular complexity index is 335. The monoisotopic (exact) mass is 288 g/mol. The van der Waals surface area contributed by atoms with Crippen molar-refractivity contribution >= 4 is 17.8 Å². The molecule has 0 unspecified atom stereocenters. The van der Waals surface area contributed by atoms with E-state index in [9.17, 15) is 14.4 Å². The van der Waals surface area contributed by atoms with Crippen LogP contribution in [0.3, 0.4) is 0 Å². The number of carbonyl (C=O) groups excluding carboxylic acids is 3. The van der Waals surface area contributed by atoms with Crippen molar-refractivity contribution in [2.75, 3.05) is 39.8 Å². The lowest BCUT2D eigenvalue weighted by atomic mass is 10.4. The van der Waals surface area contributed by atoms with Crippen molar-refractivity contribution in [3.8, 4) is 0 Å². The Morgan fingerprint density at radius 1 is 1.00 bits per heavy atom. The molecule has 0 saturated heterocycles. The van der Waals surface area contributed by atoms with E-state index in [1.54, 1.807) is 20.8 Å². The second-order valence-electron chi connectivity index (χ2n) is 3.94. The van der Waals surface area contributed by atoms with Crippen molar-refractivity contribution in [2.24, 2.45) is 0 Å². The van der Waals surface area contributed by atoms with Crippen LogP contribution in [0.4, 0.5) is 4.79 Å². The van der Waals surface area contributed by atoms with E-state index in [0.717, 1.165) is 0 Å². The first-order valence-electron chi connectivity index (χ1n) is 6.65. The normalized spacial score (nSPS) is 9.80. The molecule has 0 atom stereocenters. The average Bonchev–Trinajstić information content (AvgIpc) is 2.46. The molecule has 0 bridgehead atoms. The smallest absolute Gasteiger partial charge is 0.317 e.